The van der Waals surface area contributed by atoms with Crippen LogP contribution < -0.4 is 0 Å². The Morgan fingerprint density at radius 2 is 1.22 bits per heavy atom. The van der Waals surface area contributed by atoms with Gasteiger partial charge < -0.3 is 0 Å². The summed E-state index contributed by atoms with van der Waals surface area (Å²) >= 11 is 0. The second-order valence-corrected chi connectivity index (χ2v) is 5.57. The van der Waals surface area contributed by atoms with E-state index in [1.807, 2.05) is 6.42 Å². The summed E-state index contributed by atoms with van der Waals surface area (Å²) in [5, 5.41) is 0. The fourth-order valence-corrected chi connectivity index (χ4v) is 1.83. The Labute approximate surface area is 108 Å². The molecule has 0 spiro atoms. The van der Waals surface area contributed by atoms with Crippen LogP contribution in [-0.4, -0.2) is 0 Å². The van der Waals surface area contributed by atoms with Crippen molar-refractivity contribution in [3.8, 4) is 0 Å². The van der Waals surface area contributed by atoms with Crippen LogP contribution in [0, 0.1) is 12.2 Å². The van der Waals surface area contributed by atoms with E-state index in [-0.39, 0.29) is 11.2 Å². The Hall–Kier alpha value is -1.63. The summed E-state index contributed by atoms with van der Waals surface area (Å²) in [6.07, 6.45) is 2.05. The highest BCUT2D eigenvalue weighted by Crippen LogP contribution is 2.23. The Balaban J connectivity index is 2.13. The molecule has 18 heavy (non-hydrogen) atoms. The Morgan fingerprint density at radius 3 is 1.67 bits per heavy atom. The fraction of sp³-hybridized carbons (Fsp3) is 0.235. The molecule has 0 atom stereocenters. The molecule has 0 saturated carbocycles. The van der Waals surface area contributed by atoms with E-state index in [1.165, 1.54) is 17.7 Å². The molecular weight excluding hydrogens is 223 g/mol. The van der Waals surface area contributed by atoms with E-state index in [2.05, 4.69) is 45.0 Å². The summed E-state index contributed by atoms with van der Waals surface area (Å²) in [6, 6.07) is 15.0. The van der Waals surface area contributed by atoms with Crippen molar-refractivity contribution in [2.24, 2.45) is 0 Å². The molecule has 0 nitrogen and oxygen atoms in total. The first kappa shape index (κ1) is 12.8. The lowest BCUT2D eigenvalue weighted by Gasteiger charge is -2.19. The third-order valence-electron chi connectivity index (χ3n) is 2.98. The Kier molecular flexibility index (Phi) is 3.51. The van der Waals surface area contributed by atoms with E-state index in [0.29, 0.717) is 0 Å². The number of rotatable bonds is 2. The molecule has 0 bridgehead atoms. The van der Waals surface area contributed by atoms with Crippen molar-refractivity contribution in [2.75, 3.05) is 0 Å². The normalized spacial score (nSPS) is 11.6. The number of hydrogen-bond donors (Lipinski definition) is 0. The topological polar surface area (TPSA) is 0 Å². The van der Waals surface area contributed by atoms with Gasteiger partial charge in [0.1, 0.15) is 5.82 Å². The van der Waals surface area contributed by atoms with Crippen molar-refractivity contribution >= 4 is 0 Å². The van der Waals surface area contributed by atoms with Gasteiger partial charge in [0.15, 0.2) is 0 Å². The minimum atomic E-state index is -0.199. The lowest BCUT2D eigenvalue weighted by molar-refractivity contribution is 0.590. The molecule has 0 fully saturated rings. The molecule has 0 aliphatic rings. The molecule has 2 aromatic rings. The minimum Gasteiger partial charge on any atom is -0.207 e. The monoisotopic (exact) mass is 241 g/mol. The van der Waals surface area contributed by atoms with Crippen LogP contribution in [0.15, 0.2) is 48.5 Å². The predicted molar refractivity (Wildman–Crippen MR) is 74.0 cm³/mol. The molecule has 1 radical (unpaired) electrons. The summed E-state index contributed by atoms with van der Waals surface area (Å²) in [5.41, 5.74) is 3.64. The maximum Gasteiger partial charge on any atom is 0.123 e. The van der Waals surface area contributed by atoms with Gasteiger partial charge in [0, 0.05) is 6.42 Å². The molecule has 0 unspecified atom stereocenters. The summed E-state index contributed by atoms with van der Waals surface area (Å²) in [4.78, 5) is 0. The van der Waals surface area contributed by atoms with Gasteiger partial charge in [0.05, 0.1) is 0 Å². The molecule has 1 heteroatoms. The standard InChI is InChI=1S/C17H18F/c1-17(2,3)15-8-4-13(5-9-15)12-14-6-10-16(18)11-7-14/h4-12H,1-3H3. The first-order valence-electron chi connectivity index (χ1n) is 6.16. The van der Waals surface area contributed by atoms with Gasteiger partial charge in [-0.2, -0.15) is 0 Å². The van der Waals surface area contributed by atoms with E-state index in [9.17, 15) is 4.39 Å². The van der Waals surface area contributed by atoms with Crippen molar-refractivity contribution in [2.45, 2.75) is 26.2 Å². The first-order chi connectivity index (χ1) is 8.45. The van der Waals surface area contributed by atoms with Crippen molar-refractivity contribution in [1.82, 2.24) is 0 Å². The van der Waals surface area contributed by atoms with Crippen LogP contribution in [0.3, 0.4) is 0 Å². The van der Waals surface area contributed by atoms with Gasteiger partial charge in [-0.05, 0) is 34.2 Å². The number of benzene rings is 2. The zero-order valence-electron chi connectivity index (χ0n) is 11.1. The van der Waals surface area contributed by atoms with Gasteiger partial charge in [-0.25, -0.2) is 4.39 Å². The maximum absolute atomic E-state index is 12.8. The second-order valence-electron chi connectivity index (χ2n) is 5.57. The Morgan fingerprint density at radius 1 is 0.778 bits per heavy atom. The van der Waals surface area contributed by atoms with Gasteiger partial charge in [0.2, 0.25) is 0 Å². The lowest BCUT2D eigenvalue weighted by Crippen LogP contribution is -2.10. The largest absolute Gasteiger partial charge is 0.207 e. The number of halogens is 1. The molecule has 0 amide bonds. The SMILES string of the molecule is CC(C)(C)c1ccc([CH]c2ccc(F)cc2)cc1. The minimum absolute atomic E-state index is 0.175. The van der Waals surface area contributed by atoms with Crippen molar-refractivity contribution in [1.29, 1.82) is 0 Å². The molecule has 2 aromatic carbocycles. The highest BCUT2D eigenvalue weighted by Gasteiger charge is 2.12. The van der Waals surface area contributed by atoms with Crippen LogP contribution in [0.5, 0.6) is 0 Å². The predicted octanol–water partition coefficient (Wildman–Crippen LogP) is 4.72. The fourth-order valence-electron chi connectivity index (χ4n) is 1.83. The zero-order chi connectivity index (χ0) is 13.2. The maximum atomic E-state index is 12.8. The molecular formula is C17H18F. The van der Waals surface area contributed by atoms with Crippen LogP contribution in [0.25, 0.3) is 0 Å². The third kappa shape index (κ3) is 3.19. The molecule has 0 heterocycles. The van der Waals surface area contributed by atoms with Gasteiger partial charge >= 0.3 is 0 Å². The van der Waals surface area contributed by atoms with Gasteiger partial charge in [0.25, 0.3) is 0 Å². The second kappa shape index (κ2) is 4.93. The smallest absolute Gasteiger partial charge is 0.123 e. The Bertz CT molecular complexity index is 501. The summed E-state index contributed by atoms with van der Waals surface area (Å²) in [5.74, 6) is -0.199. The first-order valence-corrected chi connectivity index (χ1v) is 6.16. The molecule has 2 rings (SSSR count). The van der Waals surface area contributed by atoms with Gasteiger partial charge in [-0.3, -0.25) is 0 Å². The molecule has 0 N–H and O–H groups in total. The van der Waals surface area contributed by atoms with E-state index in [0.717, 1.165) is 11.1 Å². The van der Waals surface area contributed by atoms with E-state index in [4.69, 9.17) is 0 Å². The average molecular weight is 241 g/mol. The lowest BCUT2D eigenvalue weighted by atomic mass is 9.86. The molecule has 0 aliphatic heterocycles. The van der Waals surface area contributed by atoms with Crippen molar-refractivity contribution in [3.63, 3.8) is 0 Å². The van der Waals surface area contributed by atoms with Crippen molar-refractivity contribution < 1.29 is 4.39 Å². The zero-order valence-corrected chi connectivity index (χ0v) is 11.1. The van der Waals surface area contributed by atoms with Crippen LogP contribution in [0.2, 0.25) is 0 Å². The molecule has 0 aliphatic carbocycles. The average Bonchev–Trinajstić information content (AvgIpc) is 2.32. The third-order valence-corrected chi connectivity index (χ3v) is 2.98. The highest BCUT2D eigenvalue weighted by atomic mass is 19.1. The van der Waals surface area contributed by atoms with E-state index >= 15 is 0 Å². The van der Waals surface area contributed by atoms with E-state index in [1.54, 1.807) is 12.1 Å². The van der Waals surface area contributed by atoms with Crippen molar-refractivity contribution in [3.05, 3.63) is 77.5 Å². The summed E-state index contributed by atoms with van der Waals surface area (Å²) in [6.45, 7) is 6.60. The van der Waals surface area contributed by atoms with Crippen LogP contribution >= 0.6 is 0 Å². The molecule has 0 saturated heterocycles. The van der Waals surface area contributed by atoms with Crippen LogP contribution in [-0.2, 0) is 5.41 Å². The van der Waals surface area contributed by atoms with E-state index < -0.39 is 0 Å². The molecule has 93 valence electrons. The van der Waals surface area contributed by atoms with Gasteiger partial charge in [-0.1, -0.05) is 57.2 Å². The quantitative estimate of drug-likeness (QED) is 0.713. The van der Waals surface area contributed by atoms with Gasteiger partial charge in [-0.15, -0.1) is 0 Å². The van der Waals surface area contributed by atoms with Crippen LogP contribution in [0.4, 0.5) is 4.39 Å². The summed E-state index contributed by atoms with van der Waals surface area (Å²) in [7, 11) is 0. The highest BCUT2D eigenvalue weighted by molar-refractivity contribution is 5.39. The molecule has 0 aromatic heterocycles. The number of hydrogen-bond acceptors (Lipinski definition) is 0. The summed E-state index contributed by atoms with van der Waals surface area (Å²) < 4.78 is 12.8. The van der Waals surface area contributed by atoms with Crippen LogP contribution in [0.1, 0.15) is 37.5 Å².